The molecule has 50 valence electrons. The lowest BCUT2D eigenvalue weighted by atomic mass is 10.7. The molecule has 0 fully saturated rings. The van der Waals surface area contributed by atoms with E-state index in [1.165, 1.54) is 0 Å². The molecule has 0 aliphatic heterocycles. The standard InChI is InChI=1S/C6H12N3/c1-3-8-5-7-9(4-2)6-8/h5-6H,3-4H2,1-2H3/q+1. The van der Waals surface area contributed by atoms with Crippen molar-refractivity contribution >= 4 is 0 Å². The van der Waals surface area contributed by atoms with Crippen molar-refractivity contribution in [2.75, 3.05) is 0 Å². The Labute approximate surface area is 54.9 Å². The average Bonchev–Trinajstić information content (AvgIpc) is 2.34. The highest BCUT2D eigenvalue weighted by atomic mass is 15.3. The molecule has 0 N–H and O–H groups in total. The Bertz CT molecular complexity index is 162. The maximum atomic E-state index is 4.09. The normalized spacial score (nSPS) is 10.0. The second-order valence-electron chi connectivity index (χ2n) is 1.93. The molecule has 9 heavy (non-hydrogen) atoms. The zero-order valence-electron chi connectivity index (χ0n) is 5.91. The third kappa shape index (κ3) is 1.28. The minimum absolute atomic E-state index is 0.951. The van der Waals surface area contributed by atoms with Gasteiger partial charge in [0.25, 0.3) is 6.33 Å². The minimum Gasteiger partial charge on any atom is -0.220 e. The monoisotopic (exact) mass is 126 g/mol. The van der Waals surface area contributed by atoms with E-state index in [2.05, 4.69) is 18.9 Å². The van der Waals surface area contributed by atoms with E-state index in [0.29, 0.717) is 0 Å². The molecular formula is C6H12N3+. The maximum absolute atomic E-state index is 4.09. The summed E-state index contributed by atoms with van der Waals surface area (Å²) in [6.07, 6.45) is 3.84. The summed E-state index contributed by atoms with van der Waals surface area (Å²) in [7, 11) is 0. The summed E-state index contributed by atoms with van der Waals surface area (Å²) in [6.45, 7) is 6.13. The summed E-state index contributed by atoms with van der Waals surface area (Å²) in [5.41, 5.74) is 0. The van der Waals surface area contributed by atoms with Gasteiger partial charge in [0.15, 0.2) is 0 Å². The van der Waals surface area contributed by atoms with Crippen LogP contribution in [0.1, 0.15) is 13.8 Å². The van der Waals surface area contributed by atoms with Gasteiger partial charge in [-0.25, -0.2) is 4.57 Å². The van der Waals surface area contributed by atoms with Crippen molar-refractivity contribution in [2.24, 2.45) is 0 Å². The molecule has 0 atom stereocenters. The van der Waals surface area contributed by atoms with E-state index in [0.717, 1.165) is 13.1 Å². The summed E-state index contributed by atoms with van der Waals surface area (Å²) in [6, 6.07) is 0. The third-order valence-corrected chi connectivity index (χ3v) is 1.32. The van der Waals surface area contributed by atoms with E-state index in [4.69, 9.17) is 0 Å². The van der Waals surface area contributed by atoms with Crippen LogP contribution < -0.4 is 4.68 Å². The number of aryl methyl sites for hydroxylation is 2. The topological polar surface area (TPSA) is 21.7 Å². The molecule has 0 saturated carbocycles. The van der Waals surface area contributed by atoms with E-state index in [9.17, 15) is 0 Å². The Hall–Kier alpha value is -0.860. The fourth-order valence-corrected chi connectivity index (χ4v) is 0.690. The Kier molecular flexibility index (Phi) is 1.82. The first-order valence-electron chi connectivity index (χ1n) is 3.28. The van der Waals surface area contributed by atoms with Gasteiger partial charge in [-0.3, -0.25) is 0 Å². The van der Waals surface area contributed by atoms with Gasteiger partial charge in [0.1, 0.15) is 6.54 Å². The zero-order chi connectivity index (χ0) is 6.69. The van der Waals surface area contributed by atoms with Crippen LogP contribution in [0.25, 0.3) is 0 Å². The molecule has 0 amide bonds. The Morgan fingerprint density at radius 3 is 2.67 bits per heavy atom. The van der Waals surface area contributed by atoms with Crippen LogP contribution in [0, 0.1) is 0 Å². The van der Waals surface area contributed by atoms with Gasteiger partial charge >= 0.3 is 0 Å². The van der Waals surface area contributed by atoms with E-state index in [-0.39, 0.29) is 0 Å². The van der Waals surface area contributed by atoms with E-state index in [1.54, 1.807) is 0 Å². The summed E-state index contributed by atoms with van der Waals surface area (Å²) in [5.74, 6) is 0. The van der Waals surface area contributed by atoms with Gasteiger partial charge in [-0.05, 0) is 18.9 Å². The van der Waals surface area contributed by atoms with Gasteiger partial charge in [-0.2, -0.15) is 0 Å². The molecule has 0 aromatic carbocycles. The first-order valence-corrected chi connectivity index (χ1v) is 3.28. The second-order valence-corrected chi connectivity index (χ2v) is 1.93. The van der Waals surface area contributed by atoms with E-state index < -0.39 is 0 Å². The summed E-state index contributed by atoms with van der Waals surface area (Å²) >= 11 is 0. The molecule has 3 heteroatoms. The van der Waals surface area contributed by atoms with Gasteiger partial charge in [0, 0.05) is 0 Å². The van der Waals surface area contributed by atoms with Gasteiger partial charge in [0.2, 0.25) is 6.33 Å². The number of aromatic nitrogens is 3. The van der Waals surface area contributed by atoms with Crippen LogP contribution >= 0.6 is 0 Å². The van der Waals surface area contributed by atoms with Gasteiger partial charge < -0.3 is 0 Å². The maximum Gasteiger partial charge on any atom is 0.265 e. The van der Waals surface area contributed by atoms with Crippen molar-refractivity contribution < 1.29 is 4.68 Å². The zero-order valence-corrected chi connectivity index (χ0v) is 5.91. The molecule has 0 spiro atoms. The Balaban J connectivity index is 2.74. The molecule has 1 heterocycles. The van der Waals surface area contributed by atoms with Crippen molar-refractivity contribution in [1.82, 2.24) is 9.67 Å². The van der Waals surface area contributed by atoms with Gasteiger partial charge in [-0.1, -0.05) is 0 Å². The predicted molar refractivity (Wildman–Crippen MR) is 33.8 cm³/mol. The average molecular weight is 126 g/mol. The van der Waals surface area contributed by atoms with Crippen molar-refractivity contribution in [2.45, 2.75) is 26.9 Å². The van der Waals surface area contributed by atoms with Crippen molar-refractivity contribution in [3.05, 3.63) is 12.7 Å². The lowest BCUT2D eigenvalue weighted by Crippen LogP contribution is -2.33. The smallest absolute Gasteiger partial charge is 0.220 e. The summed E-state index contributed by atoms with van der Waals surface area (Å²) < 4.78 is 3.95. The van der Waals surface area contributed by atoms with Gasteiger partial charge in [-0.15, -0.1) is 4.68 Å². The Morgan fingerprint density at radius 2 is 2.33 bits per heavy atom. The highest BCUT2D eigenvalue weighted by Gasteiger charge is 1.97. The summed E-state index contributed by atoms with van der Waals surface area (Å²) in [5, 5.41) is 4.09. The lowest BCUT2D eigenvalue weighted by Gasteiger charge is -1.81. The second kappa shape index (κ2) is 2.62. The van der Waals surface area contributed by atoms with Crippen LogP contribution in [0.5, 0.6) is 0 Å². The number of nitrogens with zero attached hydrogens (tertiary/aromatic N) is 3. The van der Waals surface area contributed by atoms with Crippen LogP contribution in [-0.2, 0) is 13.1 Å². The molecule has 0 bridgehead atoms. The molecule has 0 aliphatic carbocycles. The Morgan fingerprint density at radius 1 is 1.56 bits per heavy atom. The minimum atomic E-state index is 0.951. The third-order valence-electron chi connectivity index (χ3n) is 1.32. The van der Waals surface area contributed by atoms with Crippen molar-refractivity contribution in [3.63, 3.8) is 0 Å². The molecule has 0 radical (unpaired) electrons. The molecule has 1 aromatic rings. The van der Waals surface area contributed by atoms with Crippen LogP contribution in [0.15, 0.2) is 12.7 Å². The number of rotatable bonds is 2. The summed E-state index contributed by atoms with van der Waals surface area (Å²) in [4.78, 5) is 0. The largest absolute Gasteiger partial charge is 0.265 e. The van der Waals surface area contributed by atoms with Crippen LogP contribution in [-0.4, -0.2) is 9.67 Å². The molecule has 1 rings (SSSR count). The van der Waals surface area contributed by atoms with Crippen LogP contribution in [0.2, 0.25) is 0 Å². The first kappa shape index (κ1) is 6.26. The van der Waals surface area contributed by atoms with Gasteiger partial charge in [0.05, 0.1) is 6.54 Å². The van der Waals surface area contributed by atoms with E-state index in [1.807, 2.05) is 21.9 Å². The highest BCUT2D eigenvalue weighted by Crippen LogP contribution is 1.77. The number of hydrogen-bond donors (Lipinski definition) is 0. The predicted octanol–water partition coefficient (Wildman–Crippen LogP) is 0.210. The molecule has 1 aromatic heterocycles. The quantitative estimate of drug-likeness (QED) is 0.519. The molecule has 3 nitrogen and oxygen atoms in total. The SMILES string of the molecule is CCn1cn[n+](CC)c1. The van der Waals surface area contributed by atoms with Crippen molar-refractivity contribution in [3.8, 4) is 0 Å². The molecular weight excluding hydrogens is 114 g/mol. The fourth-order valence-electron chi connectivity index (χ4n) is 0.690. The van der Waals surface area contributed by atoms with Crippen LogP contribution in [0.3, 0.4) is 0 Å². The number of hydrogen-bond acceptors (Lipinski definition) is 1. The van der Waals surface area contributed by atoms with Crippen LogP contribution in [0.4, 0.5) is 0 Å². The van der Waals surface area contributed by atoms with E-state index >= 15 is 0 Å². The highest BCUT2D eigenvalue weighted by molar-refractivity contribution is 4.50. The molecule has 0 saturated heterocycles. The fraction of sp³-hybridized carbons (Fsp3) is 0.667. The lowest BCUT2D eigenvalue weighted by molar-refractivity contribution is -0.748. The first-order chi connectivity index (χ1) is 4.36. The van der Waals surface area contributed by atoms with Crippen molar-refractivity contribution in [1.29, 1.82) is 0 Å². The molecule has 0 aliphatic rings. The molecule has 0 unspecified atom stereocenters.